The third-order valence-corrected chi connectivity index (χ3v) is 3.64. The molecular weight excluding hydrogens is 262 g/mol. The molecule has 1 atom stereocenters. The minimum Gasteiger partial charge on any atom is -0.324 e. The molecule has 1 aliphatic heterocycles. The van der Waals surface area contributed by atoms with Crippen molar-refractivity contribution in [2.24, 2.45) is 16.8 Å². The monoisotopic (exact) mass is 285 g/mol. The smallest absolute Gasteiger partial charge is 0.209 e. The molecule has 0 bridgehead atoms. The summed E-state index contributed by atoms with van der Waals surface area (Å²) in [4.78, 5) is 2.24. The van der Waals surface area contributed by atoms with Crippen LogP contribution in [0.15, 0.2) is 0 Å². The van der Waals surface area contributed by atoms with Crippen molar-refractivity contribution >= 4 is 22.4 Å². The third-order valence-electron chi connectivity index (χ3n) is 2.70. The molecular formula is C10H24ClN3O2S. The molecule has 1 aliphatic rings. The van der Waals surface area contributed by atoms with E-state index in [4.69, 9.17) is 10.9 Å². The average Bonchev–Trinajstić information content (AvgIpc) is 1.96. The zero-order valence-corrected chi connectivity index (χ0v) is 12.2. The molecule has 1 unspecified atom stereocenters. The topological polar surface area (TPSA) is 89.4 Å². The molecule has 1 saturated heterocycles. The number of rotatable bonds is 4. The largest absolute Gasteiger partial charge is 0.324 e. The Bertz CT molecular complexity index is 327. The average molecular weight is 286 g/mol. The van der Waals surface area contributed by atoms with E-state index < -0.39 is 10.0 Å². The summed E-state index contributed by atoms with van der Waals surface area (Å²) in [5.41, 5.74) is 5.72. The standard InChI is InChI=1S/C10H23N3O2S.ClH/c1-10(2,11)8-13-5-3-4-9(6-13)7-16(12,14)15;/h9H,3-8,11H2,1-2H3,(H2,12,14,15);1H. The van der Waals surface area contributed by atoms with E-state index in [1.54, 1.807) is 0 Å². The van der Waals surface area contributed by atoms with E-state index in [0.717, 1.165) is 32.5 Å². The molecule has 0 aromatic rings. The van der Waals surface area contributed by atoms with Gasteiger partial charge >= 0.3 is 0 Å². The first-order valence-electron chi connectivity index (χ1n) is 5.67. The van der Waals surface area contributed by atoms with Gasteiger partial charge in [0.15, 0.2) is 0 Å². The first-order chi connectivity index (χ1) is 7.16. The Labute approximate surface area is 110 Å². The number of sulfonamides is 1. The molecule has 1 heterocycles. The van der Waals surface area contributed by atoms with E-state index in [0.29, 0.717) is 0 Å². The predicted molar refractivity (Wildman–Crippen MR) is 72.7 cm³/mol. The maximum absolute atomic E-state index is 11.0. The van der Waals surface area contributed by atoms with Crippen molar-refractivity contribution in [3.05, 3.63) is 0 Å². The zero-order valence-electron chi connectivity index (χ0n) is 10.6. The highest BCUT2D eigenvalue weighted by atomic mass is 35.5. The Balaban J connectivity index is 0.00000256. The Hall–Kier alpha value is 0.120. The summed E-state index contributed by atoms with van der Waals surface area (Å²) in [5.74, 6) is 0.250. The lowest BCUT2D eigenvalue weighted by molar-refractivity contribution is 0.157. The van der Waals surface area contributed by atoms with Gasteiger partial charge < -0.3 is 10.6 Å². The summed E-state index contributed by atoms with van der Waals surface area (Å²) in [6, 6.07) is 0. The van der Waals surface area contributed by atoms with Crippen LogP contribution in [0.5, 0.6) is 0 Å². The molecule has 0 spiro atoms. The lowest BCUT2D eigenvalue weighted by Crippen LogP contribution is -2.49. The number of piperidine rings is 1. The first-order valence-corrected chi connectivity index (χ1v) is 7.39. The highest BCUT2D eigenvalue weighted by molar-refractivity contribution is 7.89. The molecule has 1 rings (SSSR count). The van der Waals surface area contributed by atoms with Gasteiger partial charge in [0.25, 0.3) is 0 Å². The summed E-state index contributed by atoms with van der Waals surface area (Å²) < 4.78 is 22.1. The van der Waals surface area contributed by atoms with Crippen molar-refractivity contribution in [3.8, 4) is 0 Å². The van der Waals surface area contributed by atoms with Crippen LogP contribution in [0.3, 0.4) is 0 Å². The van der Waals surface area contributed by atoms with Crippen LogP contribution in [0.4, 0.5) is 0 Å². The van der Waals surface area contributed by atoms with Gasteiger partial charge in [0.2, 0.25) is 10.0 Å². The summed E-state index contributed by atoms with van der Waals surface area (Å²) in [6.45, 7) is 6.56. The van der Waals surface area contributed by atoms with Crippen molar-refractivity contribution in [2.75, 3.05) is 25.4 Å². The number of hydrogen-bond acceptors (Lipinski definition) is 4. The van der Waals surface area contributed by atoms with Gasteiger partial charge in [-0.2, -0.15) is 0 Å². The SMILES string of the molecule is CC(C)(N)CN1CCCC(CS(N)(=O)=O)C1.Cl. The minimum absolute atomic E-state index is 0. The van der Waals surface area contributed by atoms with Gasteiger partial charge in [-0.15, -0.1) is 12.4 Å². The van der Waals surface area contributed by atoms with Gasteiger partial charge in [-0.3, -0.25) is 0 Å². The second-order valence-corrected chi connectivity index (χ2v) is 7.22. The van der Waals surface area contributed by atoms with Gasteiger partial charge in [-0.1, -0.05) is 0 Å². The van der Waals surface area contributed by atoms with E-state index in [1.807, 2.05) is 13.8 Å². The fraction of sp³-hybridized carbons (Fsp3) is 1.00. The van der Waals surface area contributed by atoms with Gasteiger partial charge in [0, 0.05) is 18.6 Å². The highest BCUT2D eigenvalue weighted by Gasteiger charge is 2.26. The maximum atomic E-state index is 11.0. The van der Waals surface area contributed by atoms with E-state index in [9.17, 15) is 8.42 Å². The van der Waals surface area contributed by atoms with Gasteiger partial charge in [-0.25, -0.2) is 13.6 Å². The molecule has 7 heteroatoms. The normalized spacial score (nSPS) is 23.2. The lowest BCUT2D eigenvalue weighted by atomic mass is 9.97. The second-order valence-electron chi connectivity index (χ2n) is 5.56. The van der Waals surface area contributed by atoms with Crippen LogP contribution in [0.25, 0.3) is 0 Å². The molecule has 1 fully saturated rings. The molecule has 5 nitrogen and oxygen atoms in total. The van der Waals surface area contributed by atoms with Gasteiger partial charge in [0.05, 0.1) is 5.75 Å². The van der Waals surface area contributed by atoms with E-state index in [1.165, 1.54) is 0 Å². The van der Waals surface area contributed by atoms with Crippen molar-refractivity contribution in [3.63, 3.8) is 0 Å². The Morgan fingerprint density at radius 3 is 2.47 bits per heavy atom. The van der Waals surface area contributed by atoms with Crippen LogP contribution in [0.1, 0.15) is 26.7 Å². The van der Waals surface area contributed by atoms with Gasteiger partial charge in [-0.05, 0) is 39.2 Å². The van der Waals surface area contributed by atoms with Crippen molar-refractivity contribution < 1.29 is 8.42 Å². The van der Waals surface area contributed by atoms with Crippen LogP contribution in [-0.4, -0.2) is 44.2 Å². The molecule has 0 aromatic heterocycles. The van der Waals surface area contributed by atoms with Crippen LogP contribution < -0.4 is 10.9 Å². The number of nitrogens with zero attached hydrogens (tertiary/aromatic N) is 1. The Kier molecular flexibility index (Phi) is 6.38. The molecule has 104 valence electrons. The molecule has 0 amide bonds. The summed E-state index contributed by atoms with van der Waals surface area (Å²) >= 11 is 0. The third kappa shape index (κ3) is 7.94. The van der Waals surface area contributed by atoms with E-state index in [-0.39, 0.29) is 29.6 Å². The van der Waals surface area contributed by atoms with Crippen molar-refractivity contribution in [1.29, 1.82) is 0 Å². The fourth-order valence-electron chi connectivity index (χ4n) is 2.34. The molecule has 0 radical (unpaired) electrons. The summed E-state index contributed by atoms with van der Waals surface area (Å²) in [7, 11) is -3.35. The van der Waals surface area contributed by atoms with Crippen LogP contribution in [-0.2, 0) is 10.0 Å². The highest BCUT2D eigenvalue weighted by Crippen LogP contribution is 2.18. The zero-order chi connectivity index (χ0) is 12.4. The van der Waals surface area contributed by atoms with Crippen LogP contribution in [0.2, 0.25) is 0 Å². The summed E-state index contributed by atoms with van der Waals surface area (Å²) in [5, 5.41) is 5.07. The minimum atomic E-state index is -3.35. The van der Waals surface area contributed by atoms with Crippen LogP contribution >= 0.6 is 12.4 Å². The quantitative estimate of drug-likeness (QED) is 0.769. The molecule has 17 heavy (non-hydrogen) atoms. The maximum Gasteiger partial charge on any atom is 0.209 e. The second kappa shape index (κ2) is 6.33. The Morgan fingerprint density at radius 2 is 2.00 bits per heavy atom. The number of nitrogens with two attached hydrogens (primary N) is 2. The van der Waals surface area contributed by atoms with Gasteiger partial charge in [0.1, 0.15) is 0 Å². The van der Waals surface area contributed by atoms with Crippen molar-refractivity contribution in [2.45, 2.75) is 32.2 Å². The molecule has 0 aliphatic carbocycles. The molecule has 0 aromatic carbocycles. The predicted octanol–water partition coefficient (Wildman–Crippen LogP) is 0.146. The number of likely N-dealkylation sites (tertiary alicyclic amines) is 1. The van der Waals surface area contributed by atoms with E-state index >= 15 is 0 Å². The van der Waals surface area contributed by atoms with E-state index in [2.05, 4.69) is 4.90 Å². The lowest BCUT2D eigenvalue weighted by Gasteiger charge is -2.36. The summed E-state index contributed by atoms with van der Waals surface area (Å²) in [6.07, 6.45) is 1.97. The number of hydrogen-bond donors (Lipinski definition) is 2. The number of halogens is 1. The fourth-order valence-corrected chi connectivity index (χ4v) is 3.26. The molecule has 4 N–H and O–H groups in total. The molecule has 0 saturated carbocycles. The van der Waals surface area contributed by atoms with Crippen molar-refractivity contribution in [1.82, 2.24) is 4.90 Å². The van der Waals surface area contributed by atoms with Crippen LogP contribution in [0, 0.1) is 5.92 Å². The first kappa shape index (κ1) is 17.1. The number of primary sulfonamides is 1. The Morgan fingerprint density at radius 1 is 1.41 bits per heavy atom.